The first-order chi connectivity index (χ1) is 8.33. The quantitative estimate of drug-likeness (QED) is 0.817. The molecule has 18 heavy (non-hydrogen) atoms. The monoisotopic (exact) mass is 313 g/mol. The van der Waals surface area contributed by atoms with Crippen LogP contribution >= 0.6 is 15.9 Å². The summed E-state index contributed by atoms with van der Waals surface area (Å²) in [6, 6.07) is 3.50. The molecule has 0 aliphatic rings. The van der Waals surface area contributed by atoms with Gasteiger partial charge in [0.1, 0.15) is 10.2 Å². The zero-order chi connectivity index (χ0) is 13.3. The standard InChI is InChI=1S/C11H12BrN3O3/c1-11(2,3)18-10(16)15-9-14-8-6(17-9)4-5-7(12)13-8/h4-5H,1-3H3,(H,13,14,15,16). The van der Waals surface area contributed by atoms with E-state index in [9.17, 15) is 4.79 Å². The van der Waals surface area contributed by atoms with Gasteiger partial charge in [0.2, 0.25) is 5.65 Å². The molecule has 7 heteroatoms. The summed E-state index contributed by atoms with van der Waals surface area (Å²) in [6.45, 7) is 5.33. The highest BCUT2D eigenvalue weighted by Gasteiger charge is 2.18. The lowest BCUT2D eigenvalue weighted by molar-refractivity contribution is 0.0632. The highest BCUT2D eigenvalue weighted by atomic mass is 79.9. The number of halogens is 1. The predicted octanol–water partition coefficient (Wildman–Crippen LogP) is 3.33. The second-order valence-corrected chi connectivity index (χ2v) is 5.41. The summed E-state index contributed by atoms with van der Waals surface area (Å²) >= 11 is 3.23. The fourth-order valence-corrected chi connectivity index (χ4v) is 1.54. The van der Waals surface area contributed by atoms with Gasteiger partial charge in [0, 0.05) is 0 Å². The maximum atomic E-state index is 11.5. The molecule has 0 aliphatic carbocycles. The van der Waals surface area contributed by atoms with Gasteiger partial charge in [-0.15, -0.1) is 0 Å². The Kier molecular flexibility index (Phi) is 3.25. The molecule has 0 saturated carbocycles. The molecule has 0 unspecified atom stereocenters. The van der Waals surface area contributed by atoms with E-state index >= 15 is 0 Å². The van der Waals surface area contributed by atoms with Gasteiger partial charge in [0.05, 0.1) is 0 Å². The van der Waals surface area contributed by atoms with E-state index in [0.29, 0.717) is 15.8 Å². The molecule has 96 valence electrons. The fraction of sp³-hybridized carbons (Fsp3) is 0.364. The maximum Gasteiger partial charge on any atom is 0.415 e. The molecule has 0 spiro atoms. The maximum absolute atomic E-state index is 11.5. The van der Waals surface area contributed by atoms with Crippen molar-refractivity contribution in [1.82, 2.24) is 9.97 Å². The highest BCUT2D eigenvalue weighted by molar-refractivity contribution is 9.10. The average Bonchev–Trinajstić information content (AvgIpc) is 2.55. The van der Waals surface area contributed by atoms with Crippen molar-refractivity contribution in [2.24, 2.45) is 0 Å². The summed E-state index contributed by atoms with van der Waals surface area (Å²) in [5.41, 5.74) is 0.330. The molecule has 0 aliphatic heterocycles. The number of aromatic nitrogens is 2. The van der Waals surface area contributed by atoms with E-state index in [4.69, 9.17) is 9.15 Å². The number of pyridine rings is 1. The number of carbonyl (C=O) groups excluding carboxylic acids is 1. The second-order valence-electron chi connectivity index (χ2n) is 4.60. The molecule has 0 atom stereocenters. The summed E-state index contributed by atoms with van der Waals surface area (Å²) in [5.74, 6) is 0. The van der Waals surface area contributed by atoms with E-state index in [2.05, 4.69) is 31.2 Å². The first kappa shape index (κ1) is 12.8. The molecule has 0 radical (unpaired) electrons. The molecule has 0 aromatic carbocycles. The summed E-state index contributed by atoms with van der Waals surface area (Å²) in [4.78, 5) is 19.6. The molecule has 6 nitrogen and oxygen atoms in total. The van der Waals surface area contributed by atoms with Gasteiger partial charge in [-0.25, -0.2) is 15.1 Å². The molecule has 0 fully saturated rings. The Labute approximate surface area is 112 Å². The molecular weight excluding hydrogens is 302 g/mol. The van der Waals surface area contributed by atoms with E-state index in [1.54, 1.807) is 32.9 Å². The minimum absolute atomic E-state index is 0.0600. The van der Waals surface area contributed by atoms with Crippen LogP contribution in [0, 0.1) is 0 Å². The van der Waals surface area contributed by atoms with Crippen LogP contribution in [-0.2, 0) is 4.74 Å². The Morgan fingerprint density at radius 1 is 1.39 bits per heavy atom. The Morgan fingerprint density at radius 2 is 2.11 bits per heavy atom. The Bertz CT molecular complexity index is 589. The van der Waals surface area contributed by atoms with Gasteiger partial charge >= 0.3 is 12.1 Å². The lowest BCUT2D eigenvalue weighted by atomic mass is 10.2. The minimum atomic E-state index is -0.617. The first-order valence-electron chi connectivity index (χ1n) is 5.26. The van der Waals surface area contributed by atoms with Gasteiger partial charge in [0.15, 0.2) is 5.58 Å². The molecule has 0 bridgehead atoms. The molecule has 2 rings (SSSR count). The van der Waals surface area contributed by atoms with Crippen LogP contribution in [0.4, 0.5) is 10.8 Å². The van der Waals surface area contributed by atoms with Crippen molar-refractivity contribution in [3.05, 3.63) is 16.7 Å². The van der Waals surface area contributed by atoms with Gasteiger partial charge in [-0.05, 0) is 48.8 Å². The number of carbonyl (C=O) groups is 1. The highest BCUT2D eigenvalue weighted by Crippen LogP contribution is 2.20. The van der Waals surface area contributed by atoms with Gasteiger partial charge in [-0.2, -0.15) is 4.98 Å². The van der Waals surface area contributed by atoms with E-state index in [-0.39, 0.29) is 6.01 Å². The number of nitrogens with zero attached hydrogens (tertiary/aromatic N) is 2. The summed E-state index contributed by atoms with van der Waals surface area (Å²) in [6.07, 6.45) is -0.617. The van der Waals surface area contributed by atoms with Crippen LogP contribution in [0.5, 0.6) is 0 Å². The molecule has 1 N–H and O–H groups in total. The lowest BCUT2D eigenvalue weighted by Gasteiger charge is -2.18. The smallest absolute Gasteiger partial charge is 0.415 e. The second kappa shape index (κ2) is 4.56. The van der Waals surface area contributed by atoms with Crippen LogP contribution in [0.3, 0.4) is 0 Å². The fourth-order valence-electron chi connectivity index (χ4n) is 1.24. The van der Waals surface area contributed by atoms with Crippen molar-refractivity contribution in [2.45, 2.75) is 26.4 Å². The zero-order valence-corrected chi connectivity index (χ0v) is 11.7. The zero-order valence-electron chi connectivity index (χ0n) is 10.2. The van der Waals surface area contributed by atoms with Crippen molar-refractivity contribution in [3.63, 3.8) is 0 Å². The number of hydrogen-bond donors (Lipinski definition) is 1. The minimum Gasteiger partial charge on any atom is -0.443 e. The third-order valence-electron chi connectivity index (χ3n) is 1.83. The van der Waals surface area contributed by atoms with E-state index in [0.717, 1.165) is 0 Å². The predicted molar refractivity (Wildman–Crippen MR) is 69.4 cm³/mol. The van der Waals surface area contributed by atoms with Gasteiger partial charge in [-0.1, -0.05) is 0 Å². The molecule has 1 amide bonds. The van der Waals surface area contributed by atoms with Crippen LogP contribution in [0.1, 0.15) is 20.8 Å². The Morgan fingerprint density at radius 3 is 2.78 bits per heavy atom. The van der Waals surface area contributed by atoms with Crippen LogP contribution in [0.25, 0.3) is 11.2 Å². The number of oxazole rings is 1. The molecule has 2 aromatic heterocycles. The molecular formula is C11H12BrN3O3. The third-order valence-corrected chi connectivity index (χ3v) is 2.27. The number of amides is 1. The van der Waals surface area contributed by atoms with Crippen LogP contribution in [0.2, 0.25) is 0 Å². The first-order valence-corrected chi connectivity index (χ1v) is 6.06. The summed E-state index contributed by atoms with van der Waals surface area (Å²) < 4.78 is 11.0. The number of fused-ring (bicyclic) bond motifs is 1. The largest absolute Gasteiger partial charge is 0.443 e. The number of nitrogens with one attached hydrogen (secondary N) is 1. The van der Waals surface area contributed by atoms with Crippen LogP contribution in [-0.4, -0.2) is 21.7 Å². The van der Waals surface area contributed by atoms with E-state index < -0.39 is 11.7 Å². The third kappa shape index (κ3) is 3.19. The summed E-state index contributed by atoms with van der Waals surface area (Å²) in [7, 11) is 0. The number of hydrogen-bond acceptors (Lipinski definition) is 5. The van der Waals surface area contributed by atoms with Gasteiger partial charge in [0.25, 0.3) is 0 Å². The van der Waals surface area contributed by atoms with Crippen molar-refractivity contribution >= 4 is 39.3 Å². The normalized spacial score (nSPS) is 11.6. The molecule has 2 aromatic rings. The van der Waals surface area contributed by atoms with E-state index in [1.165, 1.54) is 0 Å². The Hall–Kier alpha value is -1.63. The number of ether oxygens (including phenoxy) is 1. The number of rotatable bonds is 1. The lowest BCUT2D eigenvalue weighted by Crippen LogP contribution is -2.27. The van der Waals surface area contributed by atoms with Crippen molar-refractivity contribution < 1.29 is 13.9 Å². The molecule has 0 saturated heterocycles. The summed E-state index contributed by atoms with van der Waals surface area (Å²) in [5, 5.41) is 2.41. The van der Waals surface area contributed by atoms with Crippen LogP contribution < -0.4 is 5.32 Å². The Balaban J connectivity index is 2.15. The van der Waals surface area contributed by atoms with Crippen molar-refractivity contribution in [2.75, 3.05) is 5.32 Å². The van der Waals surface area contributed by atoms with Gasteiger partial charge < -0.3 is 9.15 Å². The van der Waals surface area contributed by atoms with Crippen molar-refractivity contribution in [3.8, 4) is 0 Å². The van der Waals surface area contributed by atoms with Crippen LogP contribution in [0.15, 0.2) is 21.2 Å². The molecule has 2 heterocycles. The van der Waals surface area contributed by atoms with Crippen molar-refractivity contribution in [1.29, 1.82) is 0 Å². The van der Waals surface area contributed by atoms with E-state index in [1.807, 2.05) is 0 Å². The SMILES string of the molecule is CC(C)(C)OC(=O)Nc1nc2nc(Br)ccc2o1. The average molecular weight is 314 g/mol. The number of anilines is 1. The van der Waals surface area contributed by atoms with Gasteiger partial charge in [-0.3, -0.25) is 0 Å². The topological polar surface area (TPSA) is 77.2 Å².